The van der Waals surface area contributed by atoms with E-state index in [2.05, 4.69) is 30.8 Å². The molecule has 0 saturated carbocycles. The maximum Gasteiger partial charge on any atom is 0.364 e. The quantitative estimate of drug-likeness (QED) is 0.654. The van der Waals surface area contributed by atoms with Crippen molar-refractivity contribution in [3.8, 4) is 0 Å². The summed E-state index contributed by atoms with van der Waals surface area (Å²) in [6, 6.07) is 3.39. The minimum absolute atomic E-state index is 0.364. The average molecular weight is 247 g/mol. The molecule has 2 N–H and O–H groups in total. The Bertz CT molecular complexity index is 741. The van der Waals surface area contributed by atoms with E-state index in [1.54, 1.807) is 19.1 Å². The Morgan fingerprint density at radius 1 is 1.50 bits per heavy atom. The van der Waals surface area contributed by atoms with E-state index in [1.165, 1.54) is 4.52 Å². The Morgan fingerprint density at radius 3 is 3.17 bits per heavy atom. The van der Waals surface area contributed by atoms with Gasteiger partial charge in [-0.1, -0.05) is 5.16 Å². The highest BCUT2D eigenvalue weighted by Gasteiger charge is 2.05. The van der Waals surface area contributed by atoms with Gasteiger partial charge in [-0.2, -0.15) is 14.6 Å². The number of nitrogens with zero attached hydrogens (tertiary/aromatic N) is 5. The van der Waals surface area contributed by atoms with Crippen molar-refractivity contribution in [2.75, 3.05) is 5.32 Å². The molecule has 0 fully saturated rings. The first-order valence-electron chi connectivity index (χ1n) is 5.20. The van der Waals surface area contributed by atoms with E-state index in [4.69, 9.17) is 4.52 Å². The van der Waals surface area contributed by atoms with Gasteiger partial charge in [0.05, 0.1) is 6.54 Å². The minimum Gasteiger partial charge on any atom is -0.361 e. The number of hydrogen-bond acceptors (Lipinski definition) is 7. The smallest absolute Gasteiger partial charge is 0.361 e. The summed E-state index contributed by atoms with van der Waals surface area (Å²) >= 11 is 0. The Morgan fingerprint density at radius 2 is 2.39 bits per heavy atom. The van der Waals surface area contributed by atoms with Crippen LogP contribution in [0.15, 0.2) is 21.5 Å². The van der Waals surface area contributed by atoms with Crippen molar-refractivity contribution < 1.29 is 4.52 Å². The molecule has 0 aliphatic rings. The summed E-state index contributed by atoms with van der Waals surface area (Å²) in [6.45, 7) is 2.08. The van der Waals surface area contributed by atoms with Crippen LogP contribution in [0.3, 0.4) is 0 Å². The van der Waals surface area contributed by atoms with E-state index in [-0.39, 0.29) is 5.69 Å². The van der Waals surface area contributed by atoms with Gasteiger partial charge in [0.1, 0.15) is 5.82 Å². The highest BCUT2D eigenvalue weighted by Crippen LogP contribution is 2.04. The Hall–Kier alpha value is -2.71. The molecule has 0 atom stereocenters. The molecule has 18 heavy (non-hydrogen) atoms. The van der Waals surface area contributed by atoms with Gasteiger partial charge < -0.3 is 9.84 Å². The number of fused-ring (bicyclic) bond motifs is 1. The highest BCUT2D eigenvalue weighted by molar-refractivity contribution is 5.42. The number of aromatic amines is 1. The molecule has 9 heteroatoms. The lowest BCUT2D eigenvalue weighted by Crippen LogP contribution is -2.14. The van der Waals surface area contributed by atoms with Crippen LogP contribution in [0.25, 0.3) is 5.65 Å². The van der Waals surface area contributed by atoms with Crippen molar-refractivity contribution >= 4 is 11.5 Å². The molecule has 0 bridgehead atoms. The molecule has 0 saturated heterocycles. The van der Waals surface area contributed by atoms with Gasteiger partial charge in [0, 0.05) is 6.92 Å². The van der Waals surface area contributed by atoms with Crippen molar-refractivity contribution in [1.82, 2.24) is 30.0 Å². The molecule has 3 rings (SSSR count). The predicted octanol–water partition coefficient (Wildman–Crippen LogP) is -0.279. The maximum atomic E-state index is 11.3. The molecule has 0 spiro atoms. The zero-order valence-corrected chi connectivity index (χ0v) is 9.41. The van der Waals surface area contributed by atoms with Crippen molar-refractivity contribution in [3.63, 3.8) is 0 Å². The third-order valence-corrected chi connectivity index (χ3v) is 2.27. The molecular weight excluding hydrogens is 238 g/mol. The Balaban J connectivity index is 1.82. The van der Waals surface area contributed by atoms with Crippen LogP contribution in [0.2, 0.25) is 0 Å². The lowest BCUT2D eigenvalue weighted by molar-refractivity contribution is 0.388. The zero-order chi connectivity index (χ0) is 12.5. The second-order valence-electron chi connectivity index (χ2n) is 3.60. The van der Waals surface area contributed by atoms with Crippen LogP contribution >= 0.6 is 0 Å². The number of nitrogens with one attached hydrogen (secondary N) is 2. The van der Waals surface area contributed by atoms with Crippen molar-refractivity contribution in [2.45, 2.75) is 13.5 Å². The first-order chi connectivity index (χ1) is 8.72. The summed E-state index contributed by atoms with van der Waals surface area (Å²) in [4.78, 5) is 15.4. The van der Waals surface area contributed by atoms with E-state index >= 15 is 0 Å². The average Bonchev–Trinajstić information content (AvgIpc) is 2.94. The molecule has 9 nitrogen and oxygen atoms in total. The number of H-pyrrole nitrogens is 1. The molecule has 0 unspecified atom stereocenters. The molecule has 0 aliphatic heterocycles. The molecule has 3 heterocycles. The summed E-state index contributed by atoms with van der Waals surface area (Å²) < 4.78 is 6.01. The third-order valence-electron chi connectivity index (χ3n) is 2.27. The lowest BCUT2D eigenvalue weighted by Gasteiger charge is -2.01. The lowest BCUT2D eigenvalue weighted by atomic mass is 10.5. The van der Waals surface area contributed by atoms with E-state index in [0.717, 1.165) is 0 Å². The summed E-state index contributed by atoms with van der Waals surface area (Å²) in [5, 5.41) is 16.9. The van der Waals surface area contributed by atoms with Gasteiger partial charge in [-0.25, -0.2) is 9.89 Å². The molecule has 0 amide bonds. The molecule has 0 aliphatic carbocycles. The molecule has 3 aromatic heterocycles. The standard InChI is InChI=1S/C9H9N7O2/c1-5-11-7(15-18-5)4-10-6-2-3-8-12-13-9(17)16(8)14-6/h2-3H,4H2,1H3,(H,10,14)(H,13,17). The normalized spacial score (nSPS) is 10.9. The fourth-order valence-corrected chi connectivity index (χ4v) is 1.48. The van der Waals surface area contributed by atoms with E-state index in [9.17, 15) is 4.79 Å². The molecule has 3 aromatic rings. The first-order valence-corrected chi connectivity index (χ1v) is 5.20. The number of hydrogen-bond donors (Lipinski definition) is 2. The monoisotopic (exact) mass is 247 g/mol. The van der Waals surface area contributed by atoms with Gasteiger partial charge in [-0.3, -0.25) is 0 Å². The fourth-order valence-electron chi connectivity index (χ4n) is 1.48. The van der Waals surface area contributed by atoms with E-state index in [0.29, 0.717) is 29.7 Å². The summed E-state index contributed by atoms with van der Waals surface area (Å²) in [6.07, 6.45) is 0. The van der Waals surface area contributed by atoms with Crippen LogP contribution in [0.4, 0.5) is 5.82 Å². The number of rotatable bonds is 3. The Labute approximate surface area is 99.8 Å². The zero-order valence-electron chi connectivity index (χ0n) is 9.41. The Kier molecular flexibility index (Phi) is 2.29. The van der Waals surface area contributed by atoms with Crippen molar-refractivity contribution in [1.29, 1.82) is 0 Å². The summed E-state index contributed by atoms with van der Waals surface area (Å²) in [7, 11) is 0. The van der Waals surface area contributed by atoms with Gasteiger partial charge in [0.25, 0.3) is 0 Å². The van der Waals surface area contributed by atoms with Crippen molar-refractivity contribution in [3.05, 3.63) is 34.3 Å². The van der Waals surface area contributed by atoms with Gasteiger partial charge in [-0.15, -0.1) is 5.10 Å². The number of anilines is 1. The second-order valence-corrected chi connectivity index (χ2v) is 3.60. The maximum absolute atomic E-state index is 11.3. The van der Waals surface area contributed by atoms with Crippen LogP contribution in [0.1, 0.15) is 11.7 Å². The summed E-state index contributed by atoms with van der Waals surface area (Å²) in [5.41, 5.74) is 0.0741. The van der Waals surface area contributed by atoms with Gasteiger partial charge in [-0.05, 0) is 12.1 Å². The largest absolute Gasteiger partial charge is 0.364 e. The highest BCUT2D eigenvalue weighted by atomic mass is 16.5. The van der Waals surface area contributed by atoms with Gasteiger partial charge >= 0.3 is 5.69 Å². The van der Waals surface area contributed by atoms with Crippen LogP contribution in [-0.2, 0) is 6.54 Å². The third kappa shape index (κ3) is 1.81. The first kappa shape index (κ1) is 10.4. The fraction of sp³-hybridized carbons (Fsp3) is 0.222. The minimum atomic E-state index is -0.385. The van der Waals surface area contributed by atoms with Crippen LogP contribution in [-0.4, -0.2) is 30.0 Å². The van der Waals surface area contributed by atoms with Crippen molar-refractivity contribution in [2.24, 2.45) is 0 Å². The molecule has 92 valence electrons. The van der Waals surface area contributed by atoms with Crippen LogP contribution < -0.4 is 11.0 Å². The molecule has 0 radical (unpaired) electrons. The number of aryl methyl sites for hydroxylation is 1. The van der Waals surface area contributed by atoms with Crippen LogP contribution in [0.5, 0.6) is 0 Å². The molecular formula is C9H9N7O2. The van der Waals surface area contributed by atoms with E-state index in [1.807, 2.05) is 0 Å². The van der Waals surface area contributed by atoms with Gasteiger partial charge in [0.15, 0.2) is 11.5 Å². The number of aromatic nitrogens is 6. The topological polar surface area (TPSA) is 114 Å². The van der Waals surface area contributed by atoms with Crippen LogP contribution in [0, 0.1) is 6.92 Å². The second kappa shape index (κ2) is 3.95. The predicted molar refractivity (Wildman–Crippen MR) is 60.0 cm³/mol. The SMILES string of the molecule is Cc1nc(CNc2ccc3n[nH]c(=O)n3n2)no1. The molecule has 0 aromatic carbocycles. The summed E-state index contributed by atoms with van der Waals surface area (Å²) in [5.74, 6) is 1.55. The van der Waals surface area contributed by atoms with Gasteiger partial charge in [0.2, 0.25) is 5.89 Å². The van der Waals surface area contributed by atoms with E-state index < -0.39 is 0 Å².